The molecule has 1 aliphatic heterocycles. The van der Waals surface area contributed by atoms with Gasteiger partial charge >= 0.3 is 0 Å². The minimum atomic E-state index is -0.174. The van der Waals surface area contributed by atoms with E-state index in [9.17, 15) is 9.59 Å². The quantitative estimate of drug-likeness (QED) is 0.696. The topological polar surface area (TPSA) is 62.7 Å². The van der Waals surface area contributed by atoms with Crippen LogP contribution in [0.1, 0.15) is 49.4 Å². The number of likely N-dealkylation sites (tertiary alicyclic amines) is 1. The summed E-state index contributed by atoms with van der Waals surface area (Å²) in [7, 11) is 3.36. The van der Waals surface area contributed by atoms with Gasteiger partial charge < -0.3 is 14.5 Å². The summed E-state index contributed by atoms with van der Waals surface area (Å²) in [4.78, 5) is 31.4. The molecule has 7 heteroatoms. The number of piperidine rings is 1. The molecule has 1 saturated heterocycles. The maximum atomic E-state index is 12.0. The monoisotopic (exact) mass is 393 g/mol. The average Bonchev–Trinajstić information content (AvgIpc) is 3.32. The van der Waals surface area contributed by atoms with Crippen LogP contribution in [0.5, 0.6) is 5.88 Å². The third-order valence-electron chi connectivity index (χ3n) is 5.95. The Morgan fingerprint density at radius 1 is 1.33 bits per heavy atom. The van der Waals surface area contributed by atoms with Crippen molar-refractivity contribution in [3.8, 4) is 5.88 Å². The second kappa shape index (κ2) is 8.05. The zero-order valence-electron chi connectivity index (χ0n) is 16.3. The predicted molar refractivity (Wildman–Crippen MR) is 104 cm³/mol. The smallest absolute Gasteiger partial charge is 0.256 e. The van der Waals surface area contributed by atoms with Crippen molar-refractivity contribution in [2.75, 3.05) is 33.8 Å². The highest BCUT2D eigenvalue weighted by Gasteiger charge is 2.54. The number of nitrogens with zero attached hydrogens (tertiary/aromatic N) is 3. The molecule has 6 nitrogen and oxygen atoms in total. The lowest BCUT2D eigenvalue weighted by molar-refractivity contribution is -0.132. The van der Waals surface area contributed by atoms with Crippen LogP contribution in [0.4, 0.5) is 0 Å². The second-order valence-corrected chi connectivity index (χ2v) is 8.18. The third kappa shape index (κ3) is 4.37. The van der Waals surface area contributed by atoms with Gasteiger partial charge in [0.1, 0.15) is 5.15 Å². The van der Waals surface area contributed by atoms with Gasteiger partial charge in [0.05, 0.1) is 12.2 Å². The number of rotatable bonds is 6. The molecule has 2 fully saturated rings. The number of pyridine rings is 1. The fourth-order valence-electron chi connectivity index (χ4n) is 4.08. The molecule has 1 unspecified atom stereocenters. The van der Waals surface area contributed by atoms with Gasteiger partial charge in [-0.25, -0.2) is 4.98 Å². The van der Waals surface area contributed by atoms with E-state index in [0.29, 0.717) is 35.8 Å². The Labute approximate surface area is 165 Å². The molecule has 148 valence electrons. The summed E-state index contributed by atoms with van der Waals surface area (Å²) >= 11 is 6.12. The van der Waals surface area contributed by atoms with Crippen LogP contribution >= 0.6 is 11.6 Å². The van der Waals surface area contributed by atoms with Crippen molar-refractivity contribution in [3.05, 3.63) is 22.8 Å². The first-order valence-corrected chi connectivity index (χ1v) is 10.0. The summed E-state index contributed by atoms with van der Waals surface area (Å²) in [6, 6.07) is 3.35. The summed E-state index contributed by atoms with van der Waals surface area (Å²) in [6.45, 7) is 4.30. The molecule has 1 saturated carbocycles. The average molecular weight is 394 g/mol. The van der Waals surface area contributed by atoms with Gasteiger partial charge in [-0.3, -0.25) is 9.59 Å². The van der Waals surface area contributed by atoms with E-state index in [-0.39, 0.29) is 17.0 Å². The normalized spacial score (nSPS) is 20.4. The molecule has 2 amide bonds. The molecule has 1 aliphatic carbocycles. The van der Waals surface area contributed by atoms with Gasteiger partial charge in [-0.05, 0) is 43.1 Å². The standard InChI is InChI=1S/C20H28ClN3O3/c1-4-17(25)24-10-8-20(9-11-24)13-14(20)7-12-27-16-6-5-15(18(21)22-16)19(26)23(2)3/h5-6,14H,4,7-13H2,1-3H3. The van der Waals surface area contributed by atoms with Gasteiger partial charge in [-0.1, -0.05) is 18.5 Å². The molecule has 1 atom stereocenters. The molecule has 0 radical (unpaired) electrons. The van der Waals surface area contributed by atoms with Crippen LogP contribution in [0.2, 0.25) is 5.15 Å². The number of aromatic nitrogens is 1. The number of amides is 2. The molecule has 27 heavy (non-hydrogen) atoms. The highest BCUT2D eigenvalue weighted by Crippen LogP contribution is 2.60. The molecular formula is C20H28ClN3O3. The van der Waals surface area contributed by atoms with Crippen LogP contribution in [-0.4, -0.2) is 60.4 Å². The van der Waals surface area contributed by atoms with Gasteiger partial charge in [0, 0.05) is 39.7 Å². The van der Waals surface area contributed by atoms with Crippen LogP contribution in [0, 0.1) is 11.3 Å². The van der Waals surface area contributed by atoms with Crippen molar-refractivity contribution in [1.82, 2.24) is 14.8 Å². The van der Waals surface area contributed by atoms with E-state index in [1.54, 1.807) is 26.2 Å². The van der Waals surface area contributed by atoms with Gasteiger partial charge in [0.2, 0.25) is 11.8 Å². The molecule has 1 aromatic rings. The lowest BCUT2D eigenvalue weighted by Crippen LogP contribution is -2.39. The first kappa shape index (κ1) is 19.9. The molecule has 3 rings (SSSR count). The summed E-state index contributed by atoms with van der Waals surface area (Å²) in [5.74, 6) is 1.21. The number of carbonyl (C=O) groups excluding carboxylic acids is 2. The van der Waals surface area contributed by atoms with Crippen LogP contribution in [0.25, 0.3) is 0 Å². The van der Waals surface area contributed by atoms with E-state index in [0.717, 1.165) is 32.4 Å². The molecule has 2 aliphatic rings. The fraction of sp³-hybridized carbons (Fsp3) is 0.650. The van der Waals surface area contributed by atoms with Crippen molar-refractivity contribution in [2.24, 2.45) is 11.3 Å². The number of hydrogen-bond donors (Lipinski definition) is 0. The van der Waals surface area contributed by atoms with Crippen LogP contribution in [-0.2, 0) is 4.79 Å². The Morgan fingerprint density at radius 2 is 2.04 bits per heavy atom. The largest absolute Gasteiger partial charge is 0.478 e. The van der Waals surface area contributed by atoms with Crippen LogP contribution in [0.15, 0.2) is 12.1 Å². The van der Waals surface area contributed by atoms with Crippen molar-refractivity contribution in [3.63, 3.8) is 0 Å². The lowest BCUT2D eigenvalue weighted by Gasteiger charge is -2.33. The molecular weight excluding hydrogens is 366 g/mol. The number of halogens is 1. The van der Waals surface area contributed by atoms with Crippen LogP contribution < -0.4 is 4.74 Å². The zero-order valence-corrected chi connectivity index (χ0v) is 17.1. The van der Waals surface area contributed by atoms with E-state index >= 15 is 0 Å². The summed E-state index contributed by atoms with van der Waals surface area (Å²) < 4.78 is 5.76. The molecule has 0 aromatic carbocycles. The zero-order chi connectivity index (χ0) is 19.6. The maximum Gasteiger partial charge on any atom is 0.256 e. The minimum absolute atomic E-state index is 0.169. The van der Waals surface area contributed by atoms with Crippen molar-refractivity contribution in [1.29, 1.82) is 0 Å². The lowest BCUT2D eigenvalue weighted by atomic mass is 9.90. The van der Waals surface area contributed by atoms with Crippen molar-refractivity contribution in [2.45, 2.75) is 39.0 Å². The highest BCUT2D eigenvalue weighted by molar-refractivity contribution is 6.32. The molecule has 2 heterocycles. The van der Waals surface area contributed by atoms with Crippen molar-refractivity contribution < 1.29 is 14.3 Å². The SMILES string of the molecule is CCC(=O)N1CCC2(CC1)CC2CCOc1ccc(C(=O)N(C)C)c(Cl)n1. The molecule has 1 spiro atoms. The fourth-order valence-corrected chi connectivity index (χ4v) is 4.31. The Hall–Kier alpha value is -1.82. The highest BCUT2D eigenvalue weighted by atomic mass is 35.5. The number of ether oxygens (including phenoxy) is 1. The Kier molecular flexibility index (Phi) is 5.94. The van der Waals surface area contributed by atoms with Gasteiger partial charge in [0.15, 0.2) is 0 Å². The van der Waals surface area contributed by atoms with E-state index < -0.39 is 0 Å². The number of carbonyl (C=O) groups is 2. The Balaban J connectivity index is 1.45. The Morgan fingerprint density at radius 3 is 2.63 bits per heavy atom. The van der Waals surface area contributed by atoms with E-state index in [1.165, 1.54) is 11.3 Å². The molecule has 0 N–H and O–H groups in total. The van der Waals surface area contributed by atoms with Gasteiger partial charge in [0.25, 0.3) is 5.91 Å². The van der Waals surface area contributed by atoms with Gasteiger partial charge in [-0.15, -0.1) is 0 Å². The molecule has 0 bridgehead atoms. The van der Waals surface area contributed by atoms with Gasteiger partial charge in [-0.2, -0.15) is 0 Å². The Bertz CT molecular complexity index is 714. The van der Waals surface area contributed by atoms with Crippen molar-refractivity contribution >= 4 is 23.4 Å². The third-order valence-corrected chi connectivity index (χ3v) is 6.24. The van der Waals surface area contributed by atoms with E-state index in [4.69, 9.17) is 16.3 Å². The predicted octanol–water partition coefficient (Wildman–Crippen LogP) is 3.24. The molecule has 1 aromatic heterocycles. The van der Waals surface area contributed by atoms with E-state index in [1.807, 2.05) is 11.8 Å². The van der Waals surface area contributed by atoms with E-state index in [2.05, 4.69) is 4.98 Å². The first-order valence-electron chi connectivity index (χ1n) is 9.65. The number of hydrogen-bond acceptors (Lipinski definition) is 4. The van der Waals surface area contributed by atoms with Crippen LogP contribution in [0.3, 0.4) is 0 Å². The minimum Gasteiger partial charge on any atom is -0.478 e. The summed E-state index contributed by atoms with van der Waals surface area (Å²) in [6.07, 6.45) is 5.02. The summed E-state index contributed by atoms with van der Waals surface area (Å²) in [5, 5.41) is 0.169. The summed E-state index contributed by atoms with van der Waals surface area (Å²) in [5.41, 5.74) is 0.796. The second-order valence-electron chi connectivity index (χ2n) is 7.82. The first-order chi connectivity index (χ1) is 12.9. The maximum absolute atomic E-state index is 12.0.